The molecule has 1 aliphatic heterocycles. The van der Waals surface area contributed by atoms with Gasteiger partial charge in [-0.1, -0.05) is 38.5 Å². The standard InChI is InChI=1S/C14H24O4/c15-13-9-7-5-3-1-2-4-6-8-10-14(16)18-17-12-11-13/h1-12H2. The maximum Gasteiger partial charge on any atom is 0.342 e. The largest absolute Gasteiger partial charge is 0.342 e. The second kappa shape index (κ2) is 10.1. The topological polar surface area (TPSA) is 52.6 Å². The lowest BCUT2D eigenvalue weighted by molar-refractivity contribution is -0.272. The molecule has 0 amide bonds. The molecule has 0 unspecified atom stereocenters. The molecule has 0 N–H and O–H groups in total. The molecule has 0 aromatic carbocycles. The van der Waals surface area contributed by atoms with Crippen molar-refractivity contribution in [3.8, 4) is 0 Å². The van der Waals surface area contributed by atoms with Gasteiger partial charge in [0.1, 0.15) is 12.4 Å². The van der Waals surface area contributed by atoms with Gasteiger partial charge in [-0.05, 0) is 12.8 Å². The second-order valence-corrected chi connectivity index (χ2v) is 4.89. The van der Waals surface area contributed by atoms with Gasteiger partial charge in [0.15, 0.2) is 0 Å². The van der Waals surface area contributed by atoms with Crippen LogP contribution in [-0.2, 0) is 19.4 Å². The SMILES string of the molecule is O=C1CCCCCCCCCCC(=O)OOCC1. The van der Waals surface area contributed by atoms with E-state index >= 15 is 0 Å². The molecule has 1 heterocycles. The summed E-state index contributed by atoms with van der Waals surface area (Å²) in [5, 5.41) is 0. The van der Waals surface area contributed by atoms with Gasteiger partial charge in [0.05, 0.1) is 0 Å². The highest BCUT2D eigenvalue weighted by Crippen LogP contribution is 2.12. The molecule has 1 rings (SSSR count). The Morgan fingerprint density at radius 3 is 1.89 bits per heavy atom. The van der Waals surface area contributed by atoms with E-state index in [1.54, 1.807) is 0 Å². The molecular weight excluding hydrogens is 232 g/mol. The summed E-state index contributed by atoms with van der Waals surface area (Å²) in [5.74, 6) is -0.132. The fraction of sp³-hybridized carbons (Fsp3) is 0.857. The lowest BCUT2D eigenvalue weighted by atomic mass is 10.0. The smallest absolute Gasteiger partial charge is 0.300 e. The Balaban J connectivity index is 2.22. The maximum atomic E-state index is 11.4. The minimum Gasteiger partial charge on any atom is -0.300 e. The Labute approximate surface area is 109 Å². The van der Waals surface area contributed by atoms with Gasteiger partial charge in [-0.15, -0.1) is 0 Å². The second-order valence-electron chi connectivity index (χ2n) is 4.89. The summed E-state index contributed by atoms with van der Waals surface area (Å²) < 4.78 is 0. The van der Waals surface area contributed by atoms with Crippen molar-refractivity contribution in [2.45, 2.75) is 70.6 Å². The summed E-state index contributed by atoms with van der Waals surface area (Å²) in [6.07, 6.45) is 10.3. The minimum absolute atomic E-state index is 0.185. The molecule has 0 radical (unpaired) electrons. The summed E-state index contributed by atoms with van der Waals surface area (Å²) in [6, 6.07) is 0. The lowest BCUT2D eigenvalue weighted by Crippen LogP contribution is -2.09. The third-order valence-corrected chi connectivity index (χ3v) is 3.20. The van der Waals surface area contributed by atoms with Crippen molar-refractivity contribution in [2.24, 2.45) is 0 Å². The van der Waals surface area contributed by atoms with Crippen molar-refractivity contribution >= 4 is 11.8 Å². The van der Waals surface area contributed by atoms with E-state index in [4.69, 9.17) is 4.89 Å². The van der Waals surface area contributed by atoms with Crippen LogP contribution in [0.1, 0.15) is 70.6 Å². The van der Waals surface area contributed by atoms with Gasteiger partial charge >= 0.3 is 5.97 Å². The molecule has 0 atom stereocenters. The average molecular weight is 256 g/mol. The zero-order chi connectivity index (χ0) is 13.1. The summed E-state index contributed by atoms with van der Waals surface area (Å²) in [7, 11) is 0. The van der Waals surface area contributed by atoms with Crippen molar-refractivity contribution < 1.29 is 19.4 Å². The van der Waals surface area contributed by atoms with Gasteiger partial charge in [0.25, 0.3) is 0 Å². The van der Waals surface area contributed by atoms with Crippen molar-refractivity contribution in [1.29, 1.82) is 0 Å². The number of ketones is 1. The fourth-order valence-corrected chi connectivity index (χ4v) is 2.08. The molecule has 104 valence electrons. The average Bonchev–Trinajstić information content (AvgIpc) is 2.35. The Bertz CT molecular complexity index is 224. The van der Waals surface area contributed by atoms with Gasteiger partial charge in [-0.2, -0.15) is 4.89 Å². The molecule has 1 aliphatic rings. The fourth-order valence-electron chi connectivity index (χ4n) is 2.08. The number of carbonyl (C=O) groups excluding carboxylic acids is 2. The van der Waals surface area contributed by atoms with Gasteiger partial charge in [-0.3, -0.25) is 9.68 Å². The van der Waals surface area contributed by atoms with Crippen LogP contribution in [0.3, 0.4) is 0 Å². The number of hydrogen-bond donors (Lipinski definition) is 0. The Morgan fingerprint density at radius 1 is 0.667 bits per heavy atom. The highest BCUT2D eigenvalue weighted by atomic mass is 17.2. The zero-order valence-corrected chi connectivity index (χ0v) is 11.1. The molecule has 18 heavy (non-hydrogen) atoms. The lowest BCUT2D eigenvalue weighted by Gasteiger charge is -2.06. The highest BCUT2D eigenvalue weighted by molar-refractivity contribution is 5.78. The molecule has 0 aliphatic carbocycles. The van der Waals surface area contributed by atoms with Crippen LogP contribution in [0.15, 0.2) is 0 Å². The van der Waals surface area contributed by atoms with Crippen LogP contribution < -0.4 is 0 Å². The normalized spacial score (nSPS) is 22.4. The maximum absolute atomic E-state index is 11.4. The van der Waals surface area contributed by atoms with Gasteiger partial charge in [-0.25, -0.2) is 4.79 Å². The number of carbonyl (C=O) groups is 2. The molecule has 0 bridgehead atoms. The van der Waals surface area contributed by atoms with Gasteiger partial charge in [0, 0.05) is 19.3 Å². The molecule has 1 saturated heterocycles. The Kier molecular flexibility index (Phi) is 8.47. The number of hydrogen-bond acceptors (Lipinski definition) is 4. The van der Waals surface area contributed by atoms with E-state index in [9.17, 15) is 9.59 Å². The van der Waals surface area contributed by atoms with E-state index in [1.807, 2.05) is 0 Å². The predicted octanol–water partition coefficient (Wildman–Crippen LogP) is 3.34. The Morgan fingerprint density at radius 2 is 1.22 bits per heavy atom. The van der Waals surface area contributed by atoms with Crippen molar-refractivity contribution in [3.63, 3.8) is 0 Å². The van der Waals surface area contributed by atoms with Crippen LogP contribution in [0.4, 0.5) is 0 Å². The molecular formula is C14H24O4. The van der Waals surface area contributed by atoms with E-state index in [0.29, 0.717) is 19.3 Å². The predicted molar refractivity (Wildman–Crippen MR) is 67.8 cm³/mol. The number of rotatable bonds is 0. The highest BCUT2D eigenvalue weighted by Gasteiger charge is 2.07. The number of Topliss-reactive ketones (excluding diaryl/α,β-unsaturated/α-hetero) is 1. The molecule has 4 heteroatoms. The van der Waals surface area contributed by atoms with Gasteiger partial charge in [0.2, 0.25) is 0 Å². The first-order valence-corrected chi connectivity index (χ1v) is 7.13. The van der Waals surface area contributed by atoms with Crippen LogP contribution in [0.5, 0.6) is 0 Å². The van der Waals surface area contributed by atoms with Crippen LogP contribution in [0, 0.1) is 0 Å². The van der Waals surface area contributed by atoms with E-state index < -0.39 is 0 Å². The zero-order valence-electron chi connectivity index (χ0n) is 11.1. The van der Waals surface area contributed by atoms with Crippen LogP contribution >= 0.6 is 0 Å². The summed E-state index contributed by atoms with van der Waals surface area (Å²) in [5.41, 5.74) is 0. The third-order valence-electron chi connectivity index (χ3n) is 3.20. The molecule has 0 aromatic heterocycles. The Hall–Kier alpha value is -0.900. The molecule has 0 spiro atoms. The van der Waals surface area contributed by atoms with Crippen molar-refractivity contribution in [1.82, 2.24) is 0 Å². The molecule has 0 saturated carbocycles. The third kappa shape index (κ3) is 8.23. The van der Waals surface area contributed by atoms with Crippen molar-refractivity contribution in [3.05, 3.63) is 0 Å². The molecule has 4 nitrogen and oxygen atoms in total. The van der Waals surface area contributed by atoms with E-state index in [2.05, 4.69) is 4.89 Å². The first-order chi connectivity index (χ1) is 8.79. The first kappa shape index (κ1) is 15.2. The minimum atomic E-state index is -0.324. The van der Waals surface area contributed by atoms with E-state index in [1.165, 1.54) is 25.7 Å². The molecule has 1 fully saturated rings. The van der Waals surface area contributed by atoms with Crippen LogP contribution in [0.25, 0.3) is 0 Å². The summed E-state index contributed by atoms with van der Waals surface area (Å²) >= 11 is 0. The van der Waals surface area contributed by atoms with Gasteiger partial charge < -0.3 is 0 Å². The molecule has 0 aromatic rings. The van der Waals surface area contributed by atoms with E-state index in [-0.39, 0.29) is 18.4 Å². The van der Waals surface area contributed by atoms with Crippen LogP contribution in [-0.4, -0.2) is 18.4 Å². The van der Waals surface area contributed by atoms with Crippen LogP contribution in [0.2, 0.25) is 0 Å². The van der Waals surface area contributed by atoms with Crippen molar-refractivity contribution in [2.75, 3.05) is 6.61 Å². The quantitative estimate of drug-likeness (QED) is 0.624. The summed E-state index contributed by atoms with van der Waals surface area (Å²) in [6.45, 7) is 0.185. The summed E-state index contributed by atoms with van der Waals surface area (Å²) in [4.78, 5) is 32.0. The first-order valence-electron chi connectivity index (χ1n) is 7.13. The monoisotopic (exact) mass is 256 g/mol. The van der Waals surface area contributed by atoms with E-state index in [0.717, 1.165) is 25.7 Å².